The van der Waals surface area contributed by atoms with Crippen LogP contribution in [0.5, 0.6) is 0 Å². The van der Waals surface area contributed by atoms with Gasteiger partial charge in [-0.15, -0.1) is 0 Å². The van der Waals surface area contributed by atoms with Crippen molar-refractivity contribution in [3.63, 3.8) is 0 Å². The lowest BCUT2D eigenvalue weighted by Gasteiger charge is -2.33. The number of nitriles is 1. The quantitative estimate of drug-likeness (QED) is 0.705. The normalized spacial score (nSPS) is 23.2. The maximum Gasteiger partial charge on any atom is 0.103 e. The van der Waals surface area contributed by atoms with E-state index in [-0.39, 0.29) is 5.54 Å². The smallest absolute Gasteiger partial charge is 0.103 e. The second-order valence-corrected chi connectivity index (χ2v) is 6.24. The first-order valence-corrected chi connectivity index (χ1v) is 8.01. The highest BCUT2D eigenvalue weighted by atomic mass is 16.5. The molecule has 4 heteroatoms. The predicted molar refractivity (Wildman–Crippen MR) is 82.6 cm³/mol. The molecule has 1 rings (SSSR count). The van der Waals surface area contributed by atoms with E-state index in [1.54, 1.807) is 7.11 Å². The summed E-state index contributed by atoms with van der Waals surface area (Å²) in [6.45, 7) is 9.41. The fourth-order valence-electron chi connectivity index (χ4n) is 2.97. The van der Waals surface area contributed by atoms with Gasteiger partial charge in [0.25, 0.3) is 0 Å². The molecule has 0 saturated carbocycles. The maximum atomic E-state index is 9.32. The van der Waals surface area contributed by atoms with Crippen molar-refractivity contribution in [3.8, 4) is 6.07 Å². The summed E-state index contributed by atoms with van der Waals surface area (Å²) >= 11 is 0. The Balaban J connectivity index is 2.26. The average molecular weight is 281 g/mol. The van der Waals surface area contributed by atoms with Crippen molar-refractivity contribution in [2.75, 3.05) is 39.9 Å². The van der Waals surface area contributed by atoms with Crippen LogP contribution in [0.15, 0.2) is 0 Å². The van der Waals surface area contributed by atoms with Gasteiger partial charge in [-0.3, -0.25) is 5.32 Å². The van der Waals surface area contributed by atoms with E-state index in [4.69, 9.17) is 4.74 Å². The van der Waals surface area contributed by atoms with Crippen molar-refractivity contribution >= 4 is 0 Å². The summed E-state index contributed by atoms with van der Waals surface area (Å²) in [5.41, 5.74) is -0.363. The monoisotopic (exact) mass is 281 g/mol. The molecule has 1 saturated heterocycles. The van der Waals surface area contributed by atoms with Crippen molar-refractivity contribution < 1.29 is 4.74 Å². The first-order chi connectivity index (χ1) is 9.63. The topological polar surface area (TPSA) is 48.3 Å². The summed E-state index contributed by atoms with van der Waals surface area (Å²) in [5.74, 6) is 0.689. The number of nitrogens with zero attached hydrogens (tertiary/aromatic N) is 2. The summed E-state index contributed by atoms with van der Waals surface area (Å²) in [5, 5.41) is 12.7. The standard InChI is InChI=1S/C16H31N3O/c1-4-9-18-16(2,14-17)8-6-11-19-10-5-7-15(12-19)13-20-3/h15,18H,4-13H2,1-3H3. The highest BCUT2D eigenvalue weighted by Gasteiger charge is 2.24. The SMILES string of the molecule is CCCNC(C)(C#N)CCCN1CCCC(COC)C1. The highest BCUT2D eigenvalue weighted by molar-refractivity contribution is 5.03. The van der Waals surface area contributed by atoms with Gasteiger partial charge in [-0.1, -0.05) is 6.92 Å². The number of ether oxygens (including phenoxy) is 1. The zero-order chi connectivity index (χ0) is 14.8. The van der Waals surface area contributed by atoms with Crippen LogP contribution in [0.1, 0.15) is 46.0 Å². The fraction of sp³-hybridized carbons (Fsp3) is 0.938. The molecular formula is C16H31N3O. The van der Waals surface area contributed by atoms with E-state index < -0.39 is 0 Å². The minimum atomic E-state index is -0.363. The fourth-order valence-corrected chi connectivity index (χ4v) is 2.97. The second kappa shape index (κ2) is 9.33. The number of nitrogens with one attached hydrogen (secondary N) is 1. The Bertz CT molecular complexity index is 301. The minimum absolute atomic E-state index is 0.363. The Hall–Kier alpha value is -0.630. The van der Waals surface area contributed by atoms with Crippen molar-refractivity contribution in [1.29, 1.82) is 5.26 Å². The molecule has 1 N–H and O–H groups in total. The van der Waals surface area contributed by atoms with Crippen LogP contribution in [0.2, 0.25) is 0 Å². The van der Waals surface area contributed by atoms with E-state index in [1.165, 1.54) is 19.4 Å². The third kappa shape index (κ3) is 6.21. The molecular weight excluding hydrogens is 250 g/mol. The lowest BCUT2D eigenvalue weighted by atomic mass is 9.95. The van der Waals surface area contributed by atoms with E-state index >= 15 is 0 Å². The molecule has 4 nitrogen and oxygen atoms in total. The molecule has 2 atom stereocenters. The van der Waals surface area contributed by atoms with Crippen LogP contribution in [-0.2, 0) is 4.74 Å². The number of piperidine rings is 1. The molecule has 1 aliphatic rings. The van der Waals surface area contributed by atoms with Gasteiger partial charge < -0.3 is 9.64 Å². The molecule has 0 aromatic heterocycles. The molecule has 2 unspecified atom stereocenters. The molecule has 0 aromatic rings. The molecule has 0 bridgehead atoms. The predicted octanol–water partition coefficient (Wildman–Crippen LogP) is 2.41. The Morgan fingerprint density at radius 3 is 2.95 bits per heavy atom. The molecule has 0 aromatic carbocycles. The first kappa shape index (κ1) is 17.4. The third-order valence-corrected chi connectivity index (χ3v) is 4.17. The van der Waals surface area contributed by atoms with Crippen LogP contribution < -0.4 is 5.32 Å². The van der Waals surface area contributed by atoms with Crippen molar-refractivity contribution in [2.45, 2.75) is 51.5 Å². The van der Waals surface area contributed by atoms with Gasteiger partial charge in [-0.05, 0) is 64.6 Å². The first-order valence-electron chi connectivity index (χ1n) is 8.01. The van der Waals surface area contributed by atoms with E-state index in [0.717, 1.165) is 45.5 Å². The van der Waals surface area contributed by atoms with Crippen LogP contribution in [0.25, 0.3) is 0 Å². The van der Waals surface area contributed by atoms with Crippen LogP contribution >= 0.6 is 0 Å². The zero-order valence-corrected chi connectivity index (χ0v) is 13.5. The summed E-state index contributed by atoms with van der Waals surface area (Å²) in [6.07, 6.45) is 5.65. The van der Waals surface area contributed by atoms with Crippen LogP contribution in [0.4, 0.5) is 0 Å². The number of hydrogen-bond donors (Lipinski definition) is 1. The average Bonchev–Trinajstić information content (AvgIpc) is 2.46. The van der Waals surface area contributed by atoms with Gasteiger partial charge in [0.1, 0.15) is 5.54 Å². The Kier molecular flexibility index (Phi) is 8.13. The lowest BCUT2D eigenvalue weighted by molar-refractivity contribution is 0.0891. The van der Waals surface area contributed by atoms with Crippen LogP contribution in [0, 0.1) is 17.2 Å². The molecule has 20 heavy (non-hydrogen) atoms. The molecule has 0 amide bonds. The highest BCUT2D eigenvalue weighted by Crippen LogP contribution is 2.18. The minimum Gasteiger partial charge on any atom is -0.384 e. The molecule has 116 valence electrons. The number of rotatable bonds is 9. The van der Waals surface area contributed by atoms with Crippen molar-refractivity contribution in [1.82, 2.24) is 10.2 Å². The molecule has 1 fully saturated rings. The number of hydrogen-bond acceptors (Lipinski definition) is 4. The number of methoxy groups -OCH3 is 1. The maximum absolute atomic E-state index is 9.32. The molecule has 0 spiro atoms. The number of likely N-dealkylation sites (tertiary alicyclic amines) is 1. The van der Waals surface area contributed by atoms with Gasteiger partial charge >= 0.3 is 0 Å². The van der Waals surface area contributed by atoms with E-state index in [9.17, 15) is 5.26 Å². The van der Waals surface area contributed by atoms with Gasteiger partial charge in [0, 0.05) is 13.7 Å². The summed E-state index contributed by atoms with van der Waals surface area (Å²) in [7, 11) is 1.79. The van der Waals surface area contributed by atoms with Gasteiger partial charge in [0.15, 0.2) is 0 Å². The zero-order valence-electron chi connectivity index (χ0n) is 13.5. The van der Waals surface area contributed by atoms with E-state index in [2.05, 4.69) is 23.2 Å². The van der Waals surface area contributed by atoms with Gasteiger partial charge in [-0.2, -0.15) is 5.26 Å². The Morgan fingerprint density at radius 1 is 1.50 bits per heavy atom. The lowest BCUT2D eigenvalue weighted by Crippen LogP contribution is -2.43. The molecule has 0 aliphatic carbocycles. The summed E-state index contributed by atoms with van der Waals surface area (Å²) < 4.78 is 5.27. The second-order valence-electron chi connectivity index (χ2n) is 6.24. The molecule has 1 heterocycles. The largest absolute Gasteiger partial charge is 0.384 e. The van der Waals surface area contributed by atoms with E-state index in [0.29, 0.717) is 5.92 Å². The summed E-state index contributed by atoms with van der Waals surface area (Å²) in [4.78, 5) is 2.53. The van der Waals surface area contributed by atoms with Crippen molar-refractivity contribution in [3.05, 3.63) is 0 Å². The van der Waals surface area contributed by atoms with Crippen molar-refractivity contribution in [2.24, 2.45) is 5.92 Å². The Labute approximate surface area is 124 Å². The van der Waals surface area contributed by atoms with E-state index in [1.807, 2.05) is 6.92 Å². The summed E-state index contributed by atoms with van der Waals surface area (Å²) in [6, 6.07) is 2.43. The van der Waals surface area contributed by atoms with Gasteiger partial charge in [-0.25, -0.2) is 0 Å². The van der Waals surface area contributed by atoms with Gasteiger partial charge in [0.2, 0.25) is 0 Å². The molecule has 0 radical (unpaired) electrons. The van der Waals surface area contributed by atoms with Crippen LogP contribution in [0.3, 0.4) is 0 Å². The molecule has 1 aliphatic heterocycles. The third-order valence-electron chi connectivity index (χ3n) is 4.17. The Morgan fingerprint density at radius 2 is 2.30 bits per heavy atom. The van der Waals surface area contributed by atoms with Crippen LogP contribution in [-0.4, -0.2) is 50.3 Å². The van der Waals surface area contributed by atoms with Gasteiger partial charge in [0.05, 0.1) is 12.7 Å².